The minimum Gasteiger partial charge on any atom is -0.481 e. The number of pyridine rings is 1. The van der Waals surface area contributed by atoms with Crippen LogP contribution in [-0.2, 0) is 13.1 Å². The standard InChI is InChI=1S/C22H18BrFN4O4S/c1-12-20(30)27(10-13-3-5-15(23)16(24)7-13)22(31)28-11-17(33-21(12)28)19(29)26-9-14-4-6-18(32-2)25-8-14/h3-8,11H,9-10H2,1-2H3,(H,26,29). The first-order chi connectivity index (χ1) is 15.8. The fraction of sp³-hybridized carbons (Fsp3) is 0.182. The van der Waals surface area contributed by atoms with Crippen LogP contribution in [0.2, 0.25) is 0 Å². The molecule has 0 atom stereocenters. The quantitative estimate of drug-likeness (QED) is 0.411. The van der Waals surface area contributed by atoms with Crippen molar-refractivity contribution >= 4 is 38.0 Å². The van der Waals surface area contributed by atoms with Crippen molar-refractivity contribution in [1.29, 1.82) is 0 Å². The Morgan fingerprint density at radius 3 is 2.67 bits per heavy atom. The third-order valence-electron chi connectivity index (χ3n) is 5.00. The second kappa shape index (κ2) is 9.28. The number of benzene rings is 1. The predicted molar refractivity (Wildman–Crippen MR) is 126 cm³/mol. The van der Waals surface area contributed by atoms with E-state index in [9.17, 15) is 18.8 Å². The summed E-state index contributed by atoms with van der Waals surface area (Å²) in [6.45, 7) is 1.74. The number of halogens is 2. The molecule has 11 heteroatoms. The highest BCUT2D eigenvalue weighted by molar-refractivity contribution is 9.10. The molecule has 0 bridgehead atoms. The van der Waals surface area contributed by atoms with Gasteiger partial charge >= 0.3 is 5.69 Å². The summed E-state index contributed by atoms with van der Waals surface area (Å²) in [5.74, 6) is -0.399. The van der Waals surface area contributed by atoms with Gasteiger partial charge in [-0.1, -0.05) is 12.1 Å². The number of rotatable bonds is 6. The summed E-state index contributed by atoms with van der Waals surface area (Å²) in [6, 6.07) is 7.88. The lowest BCUT2D eigenvalue weighted by Crippen LogP contribution is -2.38. The molecular weight excluding hydrogens is 515 g/mol. The van der Waals surface area contributed by atoms with Gasteiger partial charge in [0.2, 0.25) is 5.88 Å². The second-order valence-electron chi connectivity index (χ2n) is 7.21. The van der Waals surface area contributed by atoms with Crippen LogP contribution in [0.5, 0.6) is 5.88 Å². The third-order valence-corrected chi connectivity index (χ3v) is 6.85. The summed E-state index contributed by atoms with van der Waals surface area (Å²) >= 11 is 4.14. The third kappa shape index (κ3) is 4.60. The van der Waals surface area contributed by atoms with Crippen molar-refractivity contribution in [3.05, 3.63) is 95.4 Å². The second-order valence-corrected chi connectivity index (χ2v) is 9.09. The van der Waals surface area contributed by atoms with E-state index in [1.54, 1.807) is 31.3 Å². The number of aryl methyl sites for hydroxylation is 1. The van der Waals surface area contributed by atoms with Gasteiger partial charge in [0.15, 0.2) is 0 Å². The fourth-order valence-electron chi connectivity index (χ4n) is 3.24. The number of aromatic nitrogens is 3. The van der Waals surface area contributed by atoms with Gasteiger partial charge in [0.1, 0.15) is 15.5 Å². The summed E-state index contributed by atoms with van der Waals surface area (Å²) in [5.41, 5.74) is 0.492. The van der Waals surface area contributed by atoms with E-state index >= 15 is 0 Å². The van der Waals surface area contributed by atoms with Gasteiger partial charge in [-0.15, -0.1) is 11.3 Å². The molecule has 3 aromatic heterocycles. The SMILES string of the molecule is COc1ccc(CNC(=O)c2cn3c(=O)n(Cc4ccc(Br)c(F)c4)c(=O)c(C)c3s2)cn1. The van der Waals surface area contributed by atoms with Gasteiger partial charge in [-0.2, -0.15) is 0 Å². The molecule has 3 heterocycles. The molecule has 0 radical (unpaired) electrons. The topological polar surface area (TPSA) is 94.7 Å². The average Bonchev–Trinajstić information content (AvgIpc) is 3.27. The molecule has 4 aromatic rings. The van der Waals surface area contributed by atoms with Crippen LogP contribution < -0.4 is 21.3 Å². The molecule has 33 heavy (non-hydrogen) atoms. The molecule has 0 aliphatic heterocycles. The molecule has 170 valence electrons. The molecule has 1 aromatic carbocycles. The van der Waals surface area contributed by atoms with Gasteiger partial charge in [0, 0.05) is 30.6 Å². The first kappa shape index (κ1) is 22.9. The zero-order chi connectivity index (χ0) is 23.7. The molecule has 1 N–H and O–H groups in total. The number of methoxy groups -OCH3 is 1. The van der Waals surface area contributed by atoms with Crippen LogP contribution in [0.3, 0.4) is 0 Å². The van der Waals surface area contributed by atoms with Crippen LogP contribution in [0.25, 0.3) is 4.83 Å². The van der Waals surface area contributed by atoms with Gasteiger partial charge in [0.25, 0.3) is 11.5 Å². The Balaban J connectivity index is 1.62. The molecule has 4 rings (SSSR count). The Labute approximate surface area is 199 Å². The number of fused-ring (bicyclic) bond motifs is 1. The number of nitrogens with zero attached hydrogens (tertiary/aromatic N) is 3. The number of hydrogen-bond donors (Lipinski definition) is 1. The molecule has 1 amide bonds. The zero-order valence-electron chi connectivity index (χ0n) is 17.6. The Hall–Kier alpha value is -3.31. The first-order valence-corrected chi connectivity index (χ1v) is 11.4. The summed E-state index contributed by atoms with van der Waals surface area (Å²) < 4.78 is 21.5. The minimum absolute atomic E-state index is 0.0898. The lowest BCUT2D eigenvalue weighted by molar-refractivity contribution is 0.0954. The highest BCUT2D eigenvalue weighted by atomic mass is 79.9. The molecule has 0 aliphatic carbocycles. The number of carbonyl (C=O) groups is 1. The summed E-state index contributed by atoms with van der Waals surface area (Å²) in [7, 11) is 1.52. The van der Waals surface area contributed by atoms with E-state index in [0.29, 0.717) is 26.3 Å². The van der Waals surface area contributed by atoms with Crippen LogP contribution in [-0.4, -0.2) is 27.0 Å². The van der Waals surface area contributed by atoms with E-state index in [1.807, 2.05) is 0 Å². The molecule has 0 fully saturated rings. The Kier molecular flexibility index (Phi) is 6.43. The lowest BCUT2D eigenvalue weighted by Gasteiger charge is -2.08. The van der Waals surface area contributed by atoms with Gasteiger partial charge in [0.05, 0.1) is 18.1 Å². The number of carbonyl (C=O) groups excluding carboxylic acids is 1. The van der Waals surface area contributed by atoms with Crippen LogP contribution in [0.15, 0.2) is 56.8 Å². The number of thiazole rings is 1. The number of hydrogen-bond acceptors (Lipinski definition) is 6. The Morgan fingerprint density at radius 1 is 1.24 bits per heavy atom. The molecule has 0 spiro atoms. The van der Waals surface area contributed by atoms with E-state index in [2.05, 4.69) is 26.2 Å². The highest BCUT2D eigenvalue weighted by Crippen LogP contribution is 2.19. The molecule has 8 nitrogen and oxygen atoms in total. The van der Waals surface area contributed by atoms with Gasteiger partial charge in [-0.25, -0.2) is 14.2 Å². The molecule has 0 saturated heterocycles. The number of amides is 1. The van der Waals surface area contributed by atoms with Crippen molar-refractivity contribution in [2.45, 2.75) is 20.0 Å². The zero-order valence-corrected chi connectivity index (χ0v) is 20.0. The van der Waals surface area contributed by atoms with Crippen LogP contribution in [0.1, 0.15) is 26.4 Å². The molecule has 0 unspecified atom stereocenters. The smallest absolute Gasteiger partial charge is 0.336 e. The van der Waals surface area contributed by atoms with Crippen molar-refractivity contribution < 1.29 is 13.9 Å². The molecule has 0 saturated carbocycles. The van der Waals surface area contributed by atoms with E-state index in [-0.39, 0.29) is 23.9 Å². The maximum Gasteiger partial charge on any atom is 0.336 e. The summed E-state index contributed by atoms with van der Waals surface area (Å²) in [5, 5.41) is 2.78. The molecular formula is C22H18BrFN4O4S. The number of nitrogens with one attached hydrogen (secondary N) is 1. The average molecular weight is 533 g/mol. The van der Waals surface area contributed by atoms with Crippen LogP contribution >= 0.6 is 27.3 Å². The van der Waals surface area contributed by atoms with Crippen LogP contribution in [0, 0.1) is 12.7 Å². The normalized spacial score (nSPS) is 11.0. The van der Waals surface area contributed by atoms with Crippen molar-refractivity contribution in [2.75, 3.05) is 7.11 Å². The van der Waals surface area contributed by atoms with E-state index in [0.717, 1.165) is 21.5 Å². The van der Waals surface area contributed by atoms with E-state index in [1.165, 1.54) is 29.8 Å². The van der Waals surface area contributed by atoms with Crippen molar-refractivity contribution in [1.82, 2.24) is 19.3 Å². The maximum atomic E-state index is 13.9. The van der Waals surface area contributed by atoms with Crippen molar-refractivity contribution in [2.24, 2.45) is 0 Å². The van der Waals surface area contributed by atoms with E-state index < -0.39 is 17.1 Å². The maximum absolute atomic E-state index is 13.9. The number of ether oxygens (including phenoxy) is 1. The lowest BCUT2D eigenvalue weighted by atomic mass is 10.2. The largest absolute Gasteiger partial charge is 0.481 e. The van der Waals surface area contributed by atoms with Gasteiger partial charge in [-0.3, -0.25) is 18.6 Å². The highest BCUT2D eigenvalue weighted by Gasteiger charge is 2.18. The summed E-state index contributed by atoms with van der Waals surface area (Å²) in [4.78, 5) is 43.3. The fourth-order valence-corrected chi connectivity index (χ4v) is 4.48. The predicted octanol–water partition coefficient (Wildman–Crippen LogP) is 3.11. The Morgan fingerprint density at radius 2 is 2.00 bits per heavy atom. The minimum atomic E-state index is -0.599. The van der Waals surface area contributed by atoms with Gasteiger partial charge < -0.3 is 10.1 Å². The van der Waals surface area contributed by atoms with Crippen molar-refractivity contribution in [3.8, 4) is 5.88 Å². The van der Waals surface area contributed by atoms with Crippen molar-refractivity contribution in [3.63, 3.8) is 0 Å². The summed E-state index contributed by atoms with van der Waals surface area (Å²) in [6.07, 6.45) is 3.01. The van der Waals surface area contributed by atoms with Gasteiger partial charge in [-0.05, 0) is 46.1 Å². The van der Waals surface area contributed by atoms with Crippen LogP contribution in [0.4, 0.5) is 4.39 Å². The Bertz CT molecular complexity index is 1480. The first-order valence-electron chi connectivity index (χ1n) is 9.75. The monoisotopic (exact) mass is 532 g/mol. The molecule has 0 aliphatic rings. The van der Waals surface area contributed by atoms with E-state index in [4.69, 9.17) is 4.74 Å².